The highest BCUT2D eigenvalue weighted by Gasteiger charge is 2.48. The van der Waals surface area contributed by atoms with Gasteiger partial charge in [-0.3, -0.25) is 4.79 Å². The molecule has 2 fully saturated rings. The van der Waals surface area contributed by atoms with Gasteiger partial charge in [0.05, 0.1) is 12.2 Å². The van der Waals surface area contributed by atoms with Crippen molar-refractivity contribution < 1.29 is 9.53 Å². The number of rotatable bonds is 2. The lowest BCUT2D eigenvalue weighted by atomic mass is 9.92. The van der Waals surface area contributed by atoms with Crippen molar-refractivity contribution in [1.82, 2.24) is 0 Å². The zero-order valence-electron chi connectivity index (χ0n) is 9.82. The fourth-order valence-electron chi connectivity index (χ4n) is 3.56. The third-order valence-electron chi connectivity index (χ3n) is 4.59. The van der Waals surface area contributed by atoms with Crippen molar-refractivity contribution in [1.29, 1.82) is 0 Å². The number of carbonyl (C=O) groups excluding carboxylic acids is 1. The lowest BCUT2D eigenvalue weighted by molar-refractivity contribution is 0.0911. The molecule has 1 aliphatic heterocycles. The Bertz CT molecular complexity index is 482. The summed E-state index contributed by atoms with van der Waals surface area (Å²) in [5.41, 5.74) is 2.05. The molecule has 0 aromatic heterocycles. The summed E-state index contributed by atoms with van der Waals surface area (Å²) in [5, 5.41) is 0. The van der Waals surface area contributed by atoms with Crippen molar-refractivity contribution in [2.75, 3.05) is 6.61 Å². The molecule has 88 valence electrons. The minimum absolute atomic E-state index is 0.273. The molecule has 2 nitrogen and oxygen atoms in total. The maximum absolute atomic E-state index is 12.5. The Hall–Kier alpha value is -1.31. The predicted molar refractivity (Wildman–Crippen MR) is 64.3 cm³/mol. The van der Waals surface area contributed by atoms with E-state index in [0.29, 0.717) is 5.78 Å². The Morgan fingerprint density at radius 2 is 2.00 bits per heavy atom. The van der Waals surface area contributed by atoms with Gasteiger partial charge in [0.15, 0.2) is 5.78 Å². The van der Waals surface area contributed by atoms with Crippen molar-refractivity contribution in [3.63, 3.8) is 0 Å². The minimum atomic E-state index is 0.273. The van der Waals surface area contributed by atoms with Crippen molar-refractivity contribution in [3.8, 4) is 5.75 Å². The first-order valence-corrected chi connectivity index (χ1v) is 6.62. The number of Topliss-reactive ketones (excluding diaryl/α,β-unsaturated/α-hetero) is 1. The van der Waals surface area contributed by atoms with E-state index in [0.717, 1.165) is 49.0 Å². The smallest absolute Gasteiger partial charge is 0.169 e. The number of para-hydroxylation sites is 1. The predicted octanol–water partition coefficient (Wildman–Crippen LogP) is 2.85. The van der Waals surface area contributed by atoms with Crippen LogP contribution in [0.2, 0.25) is 0 Å². The lowest BCUT2D eigenvalue weighted by Crippen LogP contribution is -2.14. The SMILES string of the molecule is O=C(c1cccc2c1OCC2)C1CC2CC2C1. The molecule has 4 rings (SSSR count). The van der Waals surface area contributed by atoms with E-state index in [4.69, 9.17) is 4.74 Å². The first-order chi connectivity index (χ1) is 8.33. The van der Waals surface area contributed by atoms with Crippen LogP contribution in [0, 0.1) is 17.8 Å². The molecule has 2 heteroatoms. The molecule has 0 radical (unpaired) electrons. The van der Waals surface area contributed by atoms with Gasteiger partial charge in [-0.15, -0.1) is 0 Å². The van der Waals surface area contributed by atoms with Gasteiger partial charge in [0.2, 0.25) is 0 Å². The summed E-state index contributed by atoms with van der Waals surface area (Å²) in [6.45, 7) is 0.732. The maximum atomic E-state index is 12.5. The van der Waals surface area contributed by atoms with E-state index in [1.165, 1.54) is 12.0 Å². The number of ether oxygens (including phenoxy) is 1. The third kappa shape index (κ3) is 1.43. The van der Waals surface area contributed by atoms with Crippen LogP contribution in [0.15, 0.2) is 18.2 Å². The lowest BCUT2D eigenvalue weighted by Gasteiger charge is -2.13. The molecule has 2 unspecified atom stereocenters. The zero-order chi connectivity index (χ0) is 11.4. The molecular weight excluding hydrogens is 212 g/mol. The van der Waals surface area contributed by atoms with E-state index in [1.54, 1.807) is 0 Å². The highest BCUT2D eigenvalue weighted by Crippen LogP contribution is 2.55. The normalized spacial score (nSPS) is 32.8. The Balaban J connectivity index is 1.66. The van der Waals surface area contributed by atoms with Crippen LogP contribution in [0.3, 0.4) is 0 Å². The molecule has 17 heavy (non-hydrogen) atoms. The quantitative estimate of drug-likeness (QED) is 0.727. The van der Waals surface area contributed by atoms with Gasteiger partial charge in [-0.2, -0.15) is 0 Å². The van der Waals surface area contributed by atoms with E-state index in [1.807, 2.05) is 12.1 Å². The molecule has 0 saturated heterocycles. The van der Waals surface area contributed by atoms with Gasteiger partial charge in [0.1, 0.15) is 5.75 Å². The third-order valence-corrected chi connectivity index (χ3v) is 4.59. The van der Waals surface area contributed by atoms with Crippen LogP contribution in [-0.4, -0.2) is 12.4 Å². The molecular formula is C15H16O2. The van der Waals surface area contributed by atoms with Crippen LogP contribution in [-0.2, 0) is 6.42 Å². The topological polar surface area (TPSA) is 26.3 Å². The first kappa shape index (κ1) is 9.69. The van der Waals surface area contributed by atoms with Crippen LogP contribution in [0.1, 0.15) is 35.2 Å². The van der Waals surface area contributed by atoms with Gasteiger partial charge in [-0.1, -0.05) is 12.1 Å². The van der Waals surface area contributed by atoms with Gasteiger partial charge in [-0.05, 0) is 42.7 Å². The number of hydrogen-bond donors (Lipinski definition) is 0. The van der Waals surface area contributed by atoms with Crippen molar-refractivity contribution in [3.05, 3.63) is 29.3 Å². The van der Waals surface area contributed by atoms with Crippen LogP contribution in [0.4, 0.5) is 0 Å². The van der Waals surface area contributed by atoms with E-state index in [2.05, 4.69) is 6.07 Å². The number of carbonyl (C=O) groups is 1. The number of ketones is 1. The highest BCUT2D eigenvalue weighted by atomic mass is 16.5. The monoisotopic (exact) mass is 228 g/mol. The number of fused-ring (bicyclic) bond motifs is 2. The standard InChI is InChI=1S/C15H16O2/c16-14(12-7-10-6-11(10)8-12)13-3-1-2-9-4-5-17-15(9)13/h1-3,10-12H,4-8H2. The van der Waals surface area contributed by atoms with Crippen LogP contribution < -0.4 is 4.74 Å². The summed E-state index contributed by atoms with van der Waals surface area (Å²) in [4.78, 5) is 12.5. The van der Waals surface area contributed by atoms with E-state index in [-0.39, 0.29) is 5.92 Å². The molecule has 0 bridgehead atoms. The summed E-state index contributed by atoms with van der Waals surface area (Å²) in [5.74, 6) is 3.20. The largest absolute Gasteiger partial charge is 0.492 e. The number of benzene rings is 1. The minimum Gasteiger partial charge on any atom is -0.492 e. The summed E-state index contributed by atoms with van der Waals surface area (Å²) in [6, 6.07) is 6.01. The second kappa shape index (κ2) is 3.34. The van der Waals surface area contributed by atoms with E-state index >= 15 is 0 Å². The number of hydrogen-bond acceptors (Lipinski definition) is 2. The average molecular weight is 228 g/mol. The Kier molecular flexibility index (Phi) is 1.91. The zero-order valence-corrected chi connectivity index (χ0v) is 9.82. The van der Waals surface area contributed by atoms with Crippen molar-refractivity contribution in [2.24, 2.45) is 17.8 Å². The molecule has 1 aromatic carbocycles. The first-order valence-electron chi connectivity index (χ1n) is 6.62. The second-order valence-corrected chi connectivity index (χ2v) is 5.68. The highest BCUT2D eigenvalue weighted by molar-refractivity contribution is 6.01. The summed E-state index contributed by atoms with van der Waals surface area (Å²) < 4.78 is 5.63. The molecule has 2 saturated carbocycles. The molecule has 1 heterocycles. The molecule has 0 amide bonds. The van der Waals surface area contributed by atoms with Crippen LogP contribution >= 0.6 is 0 Å². The maximum Gasteiger partial charge on any atom is 0.169 e. The van der Waals surface area contributed by atoms with E-state index < -0.39 is 0 Å². The van der Waals surface area contributed by atoms with Gasteiger partial charge in [0, 0.05) is 12.3 Å². The Morgan fingerprint density at radius 1 is 1.18 bits per heavy atom. The molecule has 0 N–H and O–H groups in total. The van der Waals surface area contributed by atoms with Crippen molar-refractivity contribution >= 4 is 5.78 Å². The average Bonchev–Trinajstić information content (AvgIpc) is 2.82. The fourth-order valence-corrected chi connectivity index (χ4v) is 3.56. The van der Waals surface area contributed by atoms with Crippen LogP contribution in [0.25, 0.3) is 0 Å². The van der Waals surface area contributed by atoms with Gasteiger partial charge >= 0.3 is 0 Å². The molecule has 2 aliphatic carbocycles. The van der Waals surface area contributed by atoms with Crippen LogP contribution in [0.5, 0.6) is 5.75 Å². The molecule has 0 spiro atoms. The van der Waals surface area contributed by atoms with Gasteiger partial charge < -0.3 is 4.74 Å². The molecule has 1 aromatic rings. The summed E-state index contributed by atoms with van der Waals surface area (Å²) >= 11 is 0. The van der Waals surface area contributed by atoms with Gasteiger partial charge in [0.25, 0.3) is 0 Å². The Morgan fingerprint density at radius 3 is 2.82 bits per heavy atom. The second-order valence-electron chi connectivity index (χ2n) is 5.68. The van der Waals surface area contributed by atoms with Gasteiger partial charge in [-0.25, -0.2) is 0 Å². The van der Waals surface area contributed by atoms with E-state index in [9.17, 15) is 4.79 Å². The molecule has 3 aliphatic rings. The summed E-state index contributed by atoms with van der Waals surface area (Å²) in [7, 11) is 0. The fraction of sp³-hybridized carbons (Fsp3) is 0.533. The molecule has 2 atom stereocenters. The van der Waals surface area contributed by atoms with Crippen molar-refractivity contribution in [2.45, 2.75) is 25.7 Å². The Labute approximate surface area is 101 Å². The summed E-state index contributed by atoms with van der Waals surface area (Å²) in [6.07, 6.45) is 4.56.